The van der Waals surface area contributed by atoms with Crippen LogP contribution in [0.2, 0.25) is 0 Å². The van der Waals surface area contributed by atoms with Gasteiger partial charge < -0.3 is 4.74 Å². The third-order valence-electron chi connectivity index (χ3n) is 3.32. The Balaban J connectivity index is 2.29. The normalized spacial score (nSPS) is 11.2. The maximum Gasteiger partial charge on any atom is 0.185 e. The molecule has 0 aliphatic carbocycles. The summed E-state index contributed by atoms with van der Waals surface area (Å²) in [6.45, 7) is 0.459. The fourth-order valence-electron chi connectivity index (χ4n) is 2.37. The summed E-state index contributed by atoms with van der Waals surface area (Å²) in [6.07, 6.45) is 0.515. The van der Waals surface area contributed by atoms with E-state index < -0.39 is 11.6 Å². The fraction of sp³-hybridized carbons (Fsp3) is 0.188. The maximum atomic E-state index is 14.2. The molecule has 3 rings (SSSR count). The Bertz CT molecular complexity index is 769. The molecule has 0 saturated carbocycles. The Morgan fingerprint density at radius 2 is 1.86 bits per heavy atom. The Kier molecular flexibility index (Phi) is 3.66. The summed E-state index contributed by atoms with van der Waals surface area (Å²) in [7, 11) is 1.59. The number of benzene rings is 2. The van der Waals surface area contributed by atoms with Crippen molar-refractivity contribution < 1.29 is 13.5 Å². The average Bonchev–Trinajstić information content (AvgIpc) is 2.89. The van der Waals surface area contributed by atoms with E-state index in [-0.39, 0.29) is 5.52 Å². The number of aromatic nitrogens is 2. The van der Waals surface area contributed by atoms with E-state index in [1.165, 1.54) is 6.07 Å². The molecule has 0 amide bonds. The molecule has 0 saturated heterocycles. The van der Waals surface area contributed by atoms with E-state index in [0.29, 0.717) is 24.4 Å². The van der Waals surface area contributed by atoms with Crippen LogP contribution in [-0.2, 0) is 11.2 Å². The predicted octanol–water partition coefficient (Wildman–Crippen LogP) is 3.49. The van der Waals surface area contributed by atoms with Crippen molar-refractivity contribution in [1.82, 2.24) is 9.55 Å². The molecule has 0 N–H and O–H groups in total. The van der Waals surface area contributed by atoms with E-state index in [1.807, 2.05) is 30.3 Å². The lowest BCUT2D eigenvalue weighted by molar-refractivity contribution is 0.200. The number of rotatable bonds is 4. The first-order valence-corrected chi connectivity index (χ1v) is 6.62. The molecule has 5 heteroatoms. The number of hydrogen-bond acceptors (Lipinski definition) is 2. The highest BCUT2D eigenvalue weighted by atomic mass is 19.2. The van der Waals surface area contributed by atoms with Crippen LogP contribution in [0.3, 0.4) is 0 Å². The summed E-state index contributed by atoms with van der Waals surface area (Å²) in [5, 5.41) is 0. The van der Waals surface area contributed by atoms with E-state index in [1.54, 1.807) is 11.7 Å². The molecule has 2 aromatic carbocycles. The van der Waals surface area contributed by atoms with Crippen molar-refractivity contribution >= 4 is 11.0 Å². The van der Waals surface area contributed by atoms with Gasteiger partial charge in [0.15, 0.2) is 11.6 Å². The zero-order chi connectivity index (χ0) is 14.8. The minimum absolute atomic E-state index is 0.160. The number of methoxy groups -OCH3 is 1. The summed E-state index contributed by atoms with van der Waals surface area (Å²) >= 11 is 0. The molecule has 0 radical (unpaired) electrons. The Hall–Kier alpha value is -2.27. The molecule has 0 aliphatic heterocycles. The van der Waals surface area contributed by atoms with Crippen LogP contribution in [0, 0.1) is 11.6 Å². The molecule has 3 aromatic rings. The number of fused-ring (bicyclic) bond motifs is 1. The zero-order valence-electron chi connectivity index (χ0n) is 11.5. The van der Waals surface area contributed by atoms with E-state index in [0.717, 1.165) is 11.8 Å². The van der Waals surface area contributed by atoms with Crippen LogP contribution in [0.4, 0.5) is 8.78 Å². The highest BCUT2D eigenvalue weighted by Crippen LogP contribution is 2.25. The van der Waals surface area contributed by atoms with Gasteiger partial charge in [0.05, 0.1) is 12.1 Å². The first kappa shape index (κ1) is 13.7. The van der Waals surface area contributed by atoms with Gasteiger partial charge >= 0.3 is 0 Å². The molecule has 0 atom stereocenters. The van der Waals surface area contributed by atoms with Gasteiger partial charge in [-0.1, -0.05) is 18.2 Å². The van der Waals surface area contributed by atoms with Crippen molar-refractivity contribution in [3.8, 4) is 5.69 Å². The molecule has 0 bridgehead atoms. The number of hydrogen-bond donors (Lipinski definition) is 0. The molecule has 21 heavy (non-hydrogen) atoms. The number of ether oxygens (including phenoxy) is 1. The monoisotopic (exact) mass is 288 g/mol. The van der Waals surface area contributed by atoms with Crippen molar-refractivity contribution in [2.24, 2.45) is 0 Å². The highest BCUT2D eigenvalue weighted by Gasteiger charge is 2.18. The molecule has 3 nitrogen and oxygen atoms in total. The van der Waals surface area contributed by atoms with Gasteiger partial charge in [-0.25, -0.2) is 13.8 Å². The third kappa shape index (κ3) is 2.40. The van der Waals surface area contributed by atoms with E-state index in [9.17, 15) is 8.78 Å². The number of nitrogens with zero attached hydrogens (tertiary/aromatic N) is 2. The van der Waals surface area contributed by atoms with Gasteiger partial charge in [0.1, 0.15) is 11.3 Å². The molecule has 108 valence electrons. The van der Waals surface area contributed by atoms with Crippen LogP contribution >= 0.6 is 0 Å². The molecule has 0 fully saturated rings. The van der Waals surface area contributed by atoms with E-state index >= 15 is 0 Å². The second-order valence-electron chi connectivity index (χ2n) is 4.67. The second-order valence-corrected chi connectivity index (χ2v) is 4.67. The summed E-state index contributed by atoms with van der Waals surface area (Å²) < 4.78 is 34.5. The smallest absolute Gasteiger partial charge is 0.185 e. The van der Waals surface area contributed by atoms with Crippen LogP contribution in [0.1, 0.15) is 5.82 Å². The molecule has 0 aliphatic rings. The number of para-hydroxylation sites is 1. The largest absolute Gasteiger partial charge is 0.384 e. The minimum Gasteiger partial charge on any atom is -0.384 e. The van der Waals surface area contributed by atoms with Crippen molar-refractivity contribution in [2.75, 3.05) is 13.7 Å². The lowest BCUT2D eigenvalue weighted by Gasteiger charge is -2.09. The third-order valence-corrected chi connectivity index (χ3v) is 3.32. The average molecular weight is 288 g/mol. The first-order valence-electron chi connectivity index (χ1n) is 6.62. The lowest BCUT2D eigenvalue weighted by atomic mass is 10.2. The predicted molar refractivity (Wildman–Crippen MR) is 76.6 cm³/mol. The van der Waals surface area contributed by atoms with Gasteiger partial charge in [-0.05, 0) is 24.3 Å². The summed E-state index contributed by atoms with van der Waals surface area (Å²) in [5.74, 6) is -1.12. The van der Waals surface area contributed by atoms with Crippen molar-refractivity contribution in [3.05, 3.63) is 59.9 Å². The summed E-state index contributed by atoms with van der Waals surface area (Å²) in [6, 6.07) is 11.8. The van der Waals surface area contributed by atoms with Gasteiger partial charge in [-0.15, -0.1) is 0 Å². The van der Waals surface area contributed by atoms with Gasteiger partial charge in [-0.2, -0.15) is 0 Å². The number of imidazole rings is 1. The maximum absolute atomic E-state index is 14.2. The van der Waals surface area contributed by atoms with Crippen LogP contribution in [-0.4, -0.2) is 23.3 Å². The zero-order valence-corrected chi connectivity index (χ0v) is 11.5. The number of halogens is 2. The summed E-state index contributed by atoms with van der Waals surface area (Å²) in [5.41, 5.74) is 1.34. The molecule has 0 unspecified atom stereocenters. The topological polar surface area (TPSA) is 27.1 Å². The van der Waals surface area contributed by atoms with Gasteiger partial charge in [0, 0.05) is 19.2 Å². The van der Waals surface area contributed by atoms with Crippen molar-refractivity contribution in [2.45, 2.75) is 6.42 Å². The van der Waals surface area contributed by atoms with Crippen LogP contribution in [0.5, 0.6) is 0 Å². The van der Waals surface area contributed by atoms with E-state index in [2.05, 4.69) is 4.98 Å². The summed E-state index contributed by atoms with van der Waals surface area (Å²) in [4.78, 5) is 4.40. The Labute approximate surface area is 120 Å². The second kappa shape index (κ2) is 5.61. The molecule has 1 heterocycles. The van der Waals surface area contributed by atoms with Crippen LogP contribution < -0.4 is 0 Å². The lowest BCUT2D eigenvalue weighted by Crippen LogP contribution is -2.05. The minimum atomic E-state index is -0.882. The van der Waals surface area contributed by atoms with Crippen molar-refractivity contribution in [3.63, 3.8) is 0 Å². The quantitative estimate of drug-likeness (QED) is 0.735. The van der Waals surface area contributed by atoms with Crippen LogP contribution in [0.15, 0.2) is 42.5 Å². The van der Waals surface area contributed by atoms with Crippen molar-refractivity contribution in [1.29, 1.82) is 0 Å². The van der Waals surface area contributed by atoms with Crippen LogP contribution in [0.25, 0.3) is 16.7 Å². The first-order chi connectivity index (χ1) is 10.2. The van der Waals surface area contributed by atoms with E-state index in [4.69, 9.17) is 4.74 Å². The molecular formula is C16H14F2N2O. The SMILES string of the molecule is COCCc1nc2ccc(F)c(F)c2n1-c1ccccc1. The fourth-order valence-corrected chi connectivity index (χ4v) is 2.37. The molecule has 1 aromatic heterocycles. The Morgan fingerprint density at radius 3 is 2.57 bits per heavy atom. The molecule has 0 spiro atoms. The van der Waals surface area contributed by atoms with Gasteiger partial charge in [-0.3, -0.25) is 4.57 Å². The van der Waals surface area contributed by atoms with Gasteiger partial charge in [0.2, 0.25) is 0 Å². The Morgan fingerprint density at radius 1 is 1.10 bits per heavy atom. The standard InChI is InChI=1S/C16H14F2N2O/c1-21-10-9-14-19-13-8-7-12(17)15(18)16(13)20(14)11-5-3-2-4-6-11/h2-8H,9-10H2,1H3. The molecular weight excluding hydrogens is 274 g/mol. The highest BCUT2D eigenvalue weighted by molar-refractivity contribution is 5.79. The van der Waals surface area contributed by atoms with Gasteiger partial charge in [0.25, 0.3) is 0 Å².